The third-order valence-electron chi connectivity index (χ3n) is 3.75. The van der Waals surface area contributed by atoms with Gasteiger partial charge in [0.15, 0.2) is 0 Å². The average molecular weight is 178 g/mol. The fourth-order valence-corrected chi connectivity index (χ4v) is 3.15. The summed E-state index contributed by atoms with van der Waals surface area (Å²) in [5.41, 5.74) is 0. The van der Waals surface area contributed by atoms with Crippen LogP contribution in [0.5, 0.6) is 0 Å². The van der Waals surface area contributed by atoms with E-state index in [1.807, 2.05) is 0 Å². The number of nitrogens with zero attached hydrogens (tertiary/aromatic N) is 2. The van der Waals surface area contributed by atoms with Gasteiger partial charge in [-0.15, -0.1) is 0 Å². The van der Waals surface area contributed by atoms with Crippen molar-refractivity contribution in [2.24, 2.45) is 11.8 Å². The first-order valence-corrected chi connectivity index (χ1v) is 5.43. The van der Waals surface area contributed by atoms with Gasteiger partial charge in [-0.3, -0.25) is 0 Å². The van der Waals surface area contributed by atoms with Crippen LogP contribution in [0.4, 0.5) is 0 Å². The zero-order valence-electron chi connectivity index (χ0n) is 8.37. The van der Waals surface area contributed by atoms with Crippen molar-refractivity contribution in [2.45, 2.75) is 38.1 Å². The predicted molar refractivity (Wildman–Crippen MR) is 52.1 cm³/mol. The van der Waals surface area contributed by atoms with Gasteiger partial charge in [0.25, 0.3) is 0 Å². The van der Waals surface area contributed by atoms with E-state index in [1.54, 1.807) is 0 Å². The number of likely N-dealkylation sites (tertiary alicyclic amines) is 1. The van der Waals surface area contributed by atoms with Gasteiger partial charge in [0.05, 0.1) is 12.0 Å². The first-order chi connectivity index (χ1) is 6.33. The summed E-state index contributed by atoms with van der Waals surface area (Å²) >= 11 is 0. The Morgan fingerprint density at radius 3 is 2.77 bits per heavy atom. The summed E-state index contributed by atoms with van der Waals surface area (Å²) in [6, 6.07) is 3.07. The van der Waals surface area contributed by atoms with Crippen LogP contribution in [0, 0.1) is 23.2 Å². The molecule has 0 N–H and O–H groups in total. The summed E-state index contributed by atoms with van der Waals surface area (Å²) in [6.07, 6.45) is 6.44. The highest BCUT2D eigenvalue weighted by molar-refractivity contribution is 5.00. The van der Waals surface area contributed by atoms with Crippen LogP contribution in [0.15, 0.2) is 0 Å². The molecule has 1 saturated heterocycles. The zero-order chi connectivity index (χ0) is 9.26. The van der Waals surface area contributed by atoms with E-state index >= 15 is 0 Å². The molecule has 3 atom stereocenters. The number of hydrogen-bond acceptors (Lipinski definition) is 2. The third-order valence-corrected chi connectivity index (χ3v) is 3.75. The minimum atomic E-state index is 0.309. The highest BCUT2D eigenvalue weighted by Crippen LogP contribution is 2.37. The van der Waals surface area contributed by atoms with Crippen molar-refractivity contribution in [1.29, 1.82) is 5.26 Å². The lowest BCUT2D eigenvalue weighted by atomic mass is 9.73. The summed E-state index contributed by atoms with van der Waals surface area (Å²) in [5, 5.41) is 9.07. The summed E-state index contributed by atoms with van der Waals surface area (Å²) in [7, 11) is 2.19. The highest BCUT2D eigenvalue weighted by Gasteiger charge is 2.37. The van der Waals surface area contributed by atoms with Crippen LogP contribution < -0.4 is 0 Å². The maximum Gasteiger partial charge on any atom is 0.0672 e. The molecule has 2 nitrogen and oxygen atoms in total. The lowest BCUT2D eigenvalue weighted by Gasteiger charge is -2.44. The van der Waals surface area contributed by atoms with Gasteiger partial charge in [-0.1, -0.05) is 6.42 Å². The van der Waals surface area contributed by atoms with Gasteiger partial charge in [-0.2, -0.15) is 5.26 Å². The zero-order valence-corrected chi connectivity index (χ0v) is 8.37. The molecule has 0 aromatic carbocycles. The first kappa shape index (κ1) is 9.02. The van der Waals surface area contributed by atoms with Crippen LogP contribution in [0.1, 0.15) is 32.1 Å². The number of piperidine rings is 1. The standard InChI is InChI=1S/C11H18N2/c1-13-7-3-6-9-4-2-5-10(8-12)11(9)13/h9-11H,2-7H2,1H3/t9-,10+,11-/m1/s1. The van der Waals surface area contributed by atoms with Crippen molar-refractivity contribution in [3.8, 4) is 6.07 Å². The largest absolute Gasteiger partial charge is 0.302 e. The fraction of sp³-hybridized carbons (Fsp3) is 0.909. The van der Waals surface area contributed by atoms with Gasteiger partial charge in [0, 0.05) is 6.04 Å². The molecule has 13 heavy (non-hydrogen) atoms. The van der Waals surface area contributed by atoms with Crippen molar-refractivity contribution in [3.63, 3.8) is 0 Å². The Hall–Kier alpha value is -0.550. The van der Waals surface area contributed by atoms with Crippen LogP contribution in [0.2, 0.25) is 0 Å². The molecular formula is C11H18N2. The molecule has 0 aromatic heterocycles. The van der Waals surface area contributed by atoms with Crippen LogP contribution >= 0.6 is 0 Å². The van der Waals surface area contributed by atoms with E-state index in [4.69, 9.17) is 5.26 Å². The van der Waals surface area contributed by atoms with Crippen molar-refractivity contribution >= 4 is 0 Å². The Kier molecular flexibility index (Phi) is 2.55. The lowest BCUT2D eigenvalue weighted by Crippen LogP contribution is -2.48. The monoisotopic (exact) mass is 178 g/mol. The third kappa shape index (κ3) is 1.58. The smallest absolute Gasteiger partial charge is 0.0672 e. The van der Waals surface area contributed by atoms with E-state index in [1.165, 1.54) is 32.2 Å². The van der Waals surface area contributed by atoms with E-state index in [-0.39, 0.29) is 0 Å². The van der Waals surface area contributed by atoms with E-state index < -0.39 is 0 Å². The SMILES string of the molecule is CN1CCC[C@H]2CCC[C@@H](C#N)[C@@H]21. The van der Waals surface area contributed by atoms with Gasteiger partial charge in [0.1, 0.15) is 0 Å². The second kappa shape index (κ2) is 3.67. The fourth-order valence-electron chi connectivity index (χ4n) is 3.15. The second-order valence-corrected chi connectivity index (χ2v) is 4.54. The van der Waals surface area contributed by atoms with Crippen molar-refractivity contribution < 1.29 is 0 Å². The molecule has 0 aromatic rings. The van der Waals surface area contributed by atoms with Crippen LogP contribution in [-0.2, 0) is 0 Å². The predicted octanol–water partition coefficient (Wildman–Crippen LogP) is 2.02. The van der Waals surface area contributed by atoms with Gasteiger partial charge in [-0.05, 0) is 45.2 Å². The Labute approximate surface area is 80.5 Å². The molecule has 0 spiro atoms. The second-order valence-electron chi connectivity index (χ2n) is 4.54. The number of nitriles is 1. The molecule has 1 saturated carbocycles. The molecule has 0 amide bonds. The van der Waals surface area contributed by atoms with E-state index in [0.29, 0.717) is 12.0 Å². The molecule has 2 fully saturated rings. The molecule has 0 bridgehead atoms. The Morgan fingerprint density at radius 2 is 2.00 bits per heavy atom. The molecule has 2 heteroatoms. The molecule has 1 aliphatic heterocycles. The maximum atomic E-state index is 9.07. The summed E-state index contributed by atoms with van der Waals surface area (Å²) in [5.74, 6) is 1.13. The van der Waals surface area contributed by atoms with Crippen molar-refractivity contribution in [1.82, 2.24) is 4.90 Å². The molecular weight excluding hydrogens is 160 g/mol. The summed E-state index contributed by atoms with van der Waals surface area (Å²) in [4.78, 5) is 2.42. The summed E-state index contributed by atoms with van der Waals surface area (Å²) < 4.78 is 0. The lowest BCUT2D eigenvalue weighted by molar-refractivity contribution is 0.0578. The van der Waals surface area contributed by atoms with Gasteiger partial charge >= 0.3 is 0 Å². The maximum absolute atomic E-state index is 9.07. The van der Waals surface area contributed by atoms with E-state index in [2.05, 4.69) is 18.0 Å². The van der Waals surface area contributed by atoms with Gasteiger partial charge in [-0.25, -0.2) is 0 Å². The molecule has 0 unspecified atom stereocenters. The van der Waals surface area contributed by atoms with E-state index in [0.717, 1.165) is 12.3 Å². The van der Waals surface area contributed by atoms with Crippen LogP contribution in [-0.4, -0.2) is 24.5 Å². The number of fused-ring (bicyclic) bond motifs is 1. The number of hydrogen-bond donors (Lipinski definition) is 0. The highest BCUT2D eigenvalue weighted by atomic mass is 15.1. The first-order valence-electron chi connectivity index (χ1n) is 5.43. The Balaban J connectivity index is 2.12. The normalized spacial score (nSPS) is 40.8. The molecule has 1 aliphatic carbocycles. The minimum absolute atomic E-state index is 0.309. The quantitative estimate of drug-likeness (QED) is 0.567. The van der Waals surface area contributed by atoms with Crippen LogP contribution in [0.25, 0.3) is 0 Å². The average Bonchev–Trinajstić information content (AvgIpc) is 2.17. The molecule has 1 heterocycles. The molecule has 72 valence electrons. The minimum Gasteiger partial charge on any atom is -0.302 e. The van der Waals surface area contributed by atoms with E-state index in [9.17, 15) is 0 Å². The number of rotatable bonds is 0. The molecule has 2 rings (SSSR count). The Morgan fingerprint density at radius 1 is 1.23 bits per heavy atom. The van der Waals surface area contributed by atoms with Crippen molar-refractivity contribution in [3.05, 3.63) is 0 Å². The van der Waals surface area contributed by atoms with Crippen LogP contribution in [0.3, 0.4) is 0 Å². The molecule has 2 aliphatic rings. The molecule has 0 radical (unpaired) electrons. The topological polar surface area (TPSA) is 27.0 Å². The Bertz CT molecular complexity index is 217. The van der Waals surface area contributed by atoms with Gasteiger partial charge in [0.2, 0.25) is 0 Å². The van der Waals surface area contributed by atoms with Gasteiger partial charge < -0.3 is 4.90 Å². The van der Waals surface area contributed by atoms with Crippen molar-refractivity contribution in [2.75, 3.05) is 13.6 Å². The summed E-state index contributed by atoms with van der Waals surface area (Å²) in [6.45, 7) is 1.19.